The first kappa shape index (κ1) is 16.8. The van der Waals surface area contributed by atoms with E-state index < -0.39 is 34.7 Å². The second-order valence-corrected chi connectivity index (χ2v) is 7.79. The molecule has 0 saturated carbocycles. The average Bonchev–Trinajstić information content (AvgIpc) is 2.94. The maximum absolute atomic E-state index is 13.3. The average molecular weight is 351 g/mol. The van der Waals surface area contributed by atoms with E-state index in [0.29, 0.717) is 29.2 Å². The molecule has 2 heterocycles. The molecule has 2 amide bonds. The van der Waals surface area contributed by atoms with Crippen LogP contribution in [-0.2, 0) is 19.8 Å². The van der Waals surface area contributed by atoms with Crippen LogP contribution in [0.1, 0.15) is 32.8 Å². The molecular formula is C17H19ClN2O4. The van der Waals surface area contributed by atoms with Gasteiger partial charge < -0.3 is 10.4 Å². The molecule has 24 heavy (non-hydrogen) atoms. The molecule has 3 rings (SSSR count). The lowest BCUT2D eigenvalue weighted by atomic mass is 9.80. The normalized spacial score (nSPS) is 24.2. The molecule has 7 heteroatoms. The van der Waals surface area contributed by atoms with Crippen LogP contribution in [0, 0.1) is 5.41 Å². The van der Waals surface area contributed by atoms with Crippen LogP contribution in [0.4, 0.5) is 5.69 Å². The summed E-state index contributed by atoms with van der Waals surface area (Å²) in [6.07, 6.45) is 0.297. The predicted octanol–water partition coefficient (Wildman–Crippen LogP) is 1.94. The molecule has 128 valence electrons. The van der Waals surface area contributed by atoms with E-state index in [-0.39, 0.29) is 0 Å². The number of carboxylic acid groups (broad SMARTS) is 1. The molecule has 1 aromatic carbocycles. The number of carbonyl (C=O) groups is 3. The van der Waals surface area contributed by atoms with Crippen LogP contribution in [0.3, 0.4) is 0 Å². The maximum Gasteiger partial charge on any atom is 0.327 e. The Morgan fingerprint density at radius 2 is 2.04 bits per heavy atom. The molecule has 0 radical (unpaired) electrons. The monoisotopic (exact) mass is 350 g/mol. The number of anilines is 1. The van der Waals surface area contributed by atoms with Gasteiger partial charge in [-0.1, -0.05) is 32.4 Å². The number of halogens is 1. The minimum Gasteiger partial charge on any atom is -0.480 e. The van der Waals surface area contributed by atoms with Crippen molar-refractivity contribution in [3.05, 3.63) is 28.8 Å². The van der Waals surface area contributed by atoms with Gasteiger partial charge >= 0.3 is 5.97 Å². The molecule has 6 nitrogen and oxygen atoms in total. The minimum absolute atomic E-state index is 0.297. The summed E-state index contributed by atoms with van der Waals surface area (Å²) in [5.41, 5.74) is -1.15. The van der Waals surface area contributed by atoms with Gasteiger partial charge in [0.2, 0.25) is 11.8 Å². The molecule has 2 unspecified atom stereocenters. The predicted molar refractivity (Wildman–Crippen MR) is 89.1 cm³/mol. The molecule has 0 aromatic heterocycles. The smallest absolute Gasteiger partial charge is 0.327 e. The first-order valence-corrected chi connectivity index (χ1v) is 8.13. The quantitative estimate of drug-likeness (QED) is 0.798. The van der Waals surface area contributed by atoms with E-state index in [0.717, 1.165) is 0 Å². The van der Waals surface area contributed by atoms with Gasteiger partial charge in [-0.15, -0.1) is 0 Å². The third-order valence-electron chi connectivity index (χ3n) is 4.75. The minimum atomic E-state index is -1.38. The van der Waals surface area contributed by atoms with Crippen LogP contribution in [-0.4, -0.2) is 35.5 Å². The Balaban J connectivity index is 2.26. The molecular weight excluding hydrogens is 332 g/mol. The summed E-state index contributed by atoms with van der Waals surface area (Å²) in [5.74, 6) is -1.99. The van der Waals surface area contributed by atoms with Gasteiger partial charge in [-0.3, -0.25) is 14.5 Å². The zero-order valence-corrected chi connectivity index (χ0v) is 14.5. The fourth-order valence-electron chi connectivity index (χ4n) is 3.70. The number of benzene rings is 1. The van der Waals surface area contributed by atoms with E-state index in [2.05, 4.69) is 5.32 Å². The van der Waals surface area contributed by atoms with Gasteiger partial charge in [-0.25, -0.2) is 4.79 Å². The van der Waals surface area contributed by atoms with E-state index in [9.17, 15) is 19.5 Å². The summed E-state index contributed by atoms with van der Waals surface area (Å²) in [4.78, 5) is 39.0. The molecule has 2 aliphatic heterocycles. The SMILES string of the molecule is CC(C)(C)C(C(=O)O)N1C(=O)C2(CCNC2=O)c2cc(Cl)ccc21. The van der Waals surface area contributed by atoms with Crippen LogP contribution in [0.2, 0.25) is 5.02 Å². The van der Waals surface area contributed by atoms with Crippen molar-refractivity contribution in [1.82, 2.24) is 5.32 Å². The van der Waals surface area contributed by atoms with Crippen molar-refractivity contribution in [3.8, 4) is 0 Å². The molecule has 1 spiro atoms. The Morgan fingerprint density at radius 1 is 1.38 bits per heavy atom. The summed E-state index contributed by atoms with van der Waals surface area (Å²) in [7, 11) is 0. The van der Waals surface area contributed by atoms with Gasteiger partial charge in [0.1, 0.15) is 6.04 Å². The highest BCUT2D eigenvalue weighted by atomic mass is 35.5. The second kappa shape index (κ2) is 5.21. The summed E-state index contributed by atoms with van der Waals surface area (Å²) >= 11 is 6.08. The van der Waals surface area contributed by atoms with Crippen LogP contribution in [0.15, 0.2) is 18.2 Å². The second-order valence-electron chi connectivity index (χ2n) is 7.35. The number of hydrogen-bond acceptors (Lipinski definition) is 3. The van der Waals surface area contributed by atoms with Crippen molar-refractivity contribution >= 4 is 35.1 Å². The Bertz CT molecular complexity index is 755. The first-order chi connectivity index (χ1) is 11.1. The highest BCUT2D eigenvalue weighted by Crippen LogP contribution is 2.49. The number of aliphatic carboxylic acids is 1. The van der Waals surface area contributed by atoms with Crippen LogP contribution >= 0.6 is 11.6 Å². The molecule has 0 aliphatic carbocycles. The van der Waals surface area contributed by atoms with Gasteiger partial charge in [0.15, 0.2) is 5.41 Å². The van der Waals surface area contributed by atoms with Gasteiger partial charge in [-0.05, 0) is 30.0 Å². The molecule has 2 atom stereocenters. The lowest BCUT2D eigenvalue weighted by molar-refractivity contribution is -0.144. The van der Waals surface area contributed by atoms with Crippen LogP contribution in [0.5, 0.6) is 0 Å². The Kier molecular flexibility index (Phi) is 3.64. The number of rotatable bonds is 2. The molecule has 1 fully saturated rings. The van der Waals surface area contributed by atoms with Crippen LogP contribution < -0.4 is 10.2 Å². The number of nitrogens with zero attached hydrogens (tertiary/aromatic N) is 1. The highest BCUT2D eigenvalue weighted by molar-refractivity contribution is 6.31. The lowest BCUT2D eigenvalue weighted by Crippen LogP contribution is -2.55. The fraction of sp³-hybridized carbons (Fsp3) is 0.471. The van der Waals surface area contributed by atoms with E-state index >= 15 is 0 Å². The number of carboxylic acids is 1. The third kappa shape index (κ3) is 2.13. The first-order valence-electron chi connectivity index (χ1n) is 7.75. The van der Waals surface area contributed by atoms with E-state index in [1.807, 2.05) is 0 Å². The number of nitrogens with one attached hydrogen (secondary N) is 1. The standard InChI is InChI=1S/C17H19ClN2O4/c1-16(2,3)12(13(21)22)20-11-5-4-9(18)8-10(11)17(15(20)24)6-7-19-14(17)23/h4-5,8,12H,6-7H2,1-3H3,(H,19,23)(H,21,22). The molecule has 1 saturated heterocycles. The van der Waals surface area contributed by atoms with Crippen molar-refractivity contribution in [2.75, 3.05) is 11.4 Å². The Hall–Kier alpha value is -2.08. The van der Waals surface area contributed by atoms with Crippen molar-refractivity contribution in [2.24, 2.45) is 5.41 Å². The number of carbonyl (C=O) groups excluding carboxylic acids is 2. The van der Waals surface area contributed by atoms with E-state index in [1.54, 1.807) is 39.0 Å². The van der Waals surface area contributed by atoms with Gasteiger partial charge in [0.25, 0.3) is 0 Å². The topological polar surface area (TPSA) is 86.7 Å². The van der Waals surface area contributed by atoms with E-state index in [4.69, 9.17) is 11.6 Å². The van der Waals surface area contributed by atoms with Gasteiger partial charge in [0.05, 0.1) is 0 Å². The zero-order chi connectivity index (χ0) is 17.9. The molecule has 0 bridgehead atoms. The molecule has 2 aliphatic rings. The third-order valence-corrected chi connectivity index (χ3v) is 4.98. The van der Waals surface area contributed by atoms with E-state index in [1.165, 1.54) is 4.90 Å². The summed E-state index contributed by atoms with van der Waals surface area (Å²) < 4.78 is 0. The van der Waals surface area contributed by atoms with Crippen molar-refractivity contribution < 1.29 is 19.5 Å². The molecule has 2 N–H and O–H groups in total. The van der Waals surface area contributed by atoms with Crippen molar-refractivity contribution in [3.63, 3.8) is 0 Å². The Labute approximate surface area is 144 Å². The summed E-state index contributed by atoms with van der Waals surface area (Å²) in [5, 5.41) is 12.8. The maximum atomic E-state index is 13.3. The number of fused-ring (bicyclic) bond motifs is 2. The zero-order valence-electron chi connectivity index (χ0n) is 13.7. The fourth-order valence-corrected chi connectivity index (χ4v) is 3.88. The highest BCUT2D eigenvalue weighted by Gasteiger charge is 2.61. The largest absolute Gasteiger partial charge is 0.480 e. The van der Waals surface area contributed by atoms with Crippen LogP contribution in [0.25, 0.3) is 0 Å². The lowest BCUT2D eigenvalue weighted by Gasteiger charge is -2.35. The van der Waals surface area contributed by atoms with Crippen molar-refractivity contribution in [2.45, 2.75) is 38.6 Å². The summed E-state index contributed by atoms with van der Waals surface area (Å²) in [6.45, 7) is 5.65. The molecule has 1 aromatic rings. The number of hydrogen-bond donors (Lipinski definition) is 2. The number of amides is 2. The van der Waals surface area contributed by atoms with Gasteiger partial charge in [0, 0.05) is 22.8 Å². The van der Waals surface area contributed by atoms with Gasteiger partial charge in [-0.2, -0.15) is 0 Å². The Morgan fingerprint density at radius 3 is 2.54 bits per heavy atom. The van der Waals surface area contributed by atoms with Crippen molar-refractivity contribution in [1.29, 1.82) is 0 Å². The summed E-state index contributed by atoms with van der Waals surface area (Å²) in [6, 6.07) is 3.74.